The van der Waals surface area contributed by atoms with Crippen LogP contribution >= 0.6 is 0 Å². The standard InChI is InChI=1S/C17H23NO3/c1-17(2)15(12-4-3-7-21-16(12)17)18-11-5-6-13-14(10-11)20-9-8-19-13/h5-6,10,12,15-16,18H,3-4,7-9H2,1-2H3. The molecule has 0 amide bonds. The van der Waals surface area contributed by atoms with E-state index in [1.54, 1.807) is 0 Å². The maximum Gasteiger partial charge on any atom is 0.163 e. The van der Waals surface area contributed by atoms with Gasteiger partial charge in [0.15, 0.2) is 11.5 Å². The van der Waals surface area contributed by atoms with Crippen molar-refractivity contribution >= 4 is 5.69 Å². The van der Waals surface area contributed by atoms with E-state index < -0.39 is 0 Å². The molecule has 21 heavy (non-hydrogen) atoms. The van der Waals surface area contributed by atoms with Crippen LogP contribution in [0, 0.1) is 11.3 Å². The van der Waals surface area contributed by atoms with Gasteiger partial charge in [0.05, 0.1) is 6.10 Å². The predicted octanol–water partition coefficient (Wildman–Crippen LogP) is 3.07. The molecule has 4 nitrogen and oxygen atoms in total. The molecule has 4 heteroatoms. The normalized spacial score (nSPS) is 32.8. The Bertz CT molecular complexity index is 543. The second-order valence-corrected chi connectivity index (χ2v) is 6.90. The van der Waals surface area contributed by atoms with Crippen molar-refractivity contribution in [2.24, 2.45) is 11.3 Å². The fourth-order valence-electron chi connectivity index (χ4n) is 4.13. The first kappa shape index (κ1) is 13.3. The molecule has 114 valence electrons. The van der Waals surface area contributed by atoms with E-state index in [0.29, 0.717) is 31.3 Å². The number of fused-ring (bicyclic) bond motifs is 2. The van der Waals surface area contributed by atoms with Crippen LogP contribution in [0.1, 0.15) is 26.7 Å². The van der Waals surface area contributed by atoms with Crippen LogP contribution < -0.4 is 14.8 Å². The number of anilines is 1. The van der Waals surface area contributed by atoms with E-state index in [2.05, 4.69) is 31.3 Å². The highest BCUT2D eigenvalue weighted by atomic mass is 16.6. The Hall–Kier alpha value is -1.42. The van der Waals surface area contributed by atoms with Crippen LogP contribution in [0.2, 0.25) is 0 Å². The molecular weight excluding hydrogens is 266 g/mol. The third-order valence-corrected chi connectivity index (χ3v) is 5.20. The average Bonchev–Trinajstić information content (AvgIpc) is 2.52. The quantitative estimate of drug-likeness (QED) is 0.908. The molecule has 0 radical (unpaired) electrons. The van der Waals surface area contributed by atoms with E-state index in [9.17, 15) is 0 Å². The predicted molar refractivity (Wildman–Crippen MR) is 81.1 cm³/mol. The summed E-state index contributed by atoms with van der Waals surface area (Å²) in [6, 6.07) is 6.60. The van der Waals surface area contributed by atoms with Gasteiger partial charge in [-0.05, 0) is 25.0 Å². The van der Waals surface area contributed by atoms with Crippen molar-refractivity contribution in [3.63, 3.8) is 0 Å². The van der Waals surface area contributed by atoms with E-state index in [0.717, 1.165) is 23.8 Å². The molecule has 4 rings (SSSR count). The molecule has 3 unspecified atom stereocenters. The van der Waals surface area contributed by atoms with Gasteiger partial charge in [-0.2, -0.15) is 0 Å². The molecular formula is C17H23NO3. The molecule has 2 aliphatic heterocycles. The molecule has 0 bridgehead atoms. The van der Waals surface area contributed by atoms with Gasteiger partial charge in [0.25, 0.3) is 0 Å². The first-order valence-corrected chi connectivity index (χ1v) is 7.94. The highest BCUT2D eigenvalue weighted by Gasteiger charge is 2.57. The van der Waals surface area contributed by atoms with Gasteiger partial charge < -0.3 is 19.5 Å². The number of rotatable bonds is 2. The lowest BCUT2D eigenvalue weighted by molar-refractivity contribution is -0.177. The molecule has 3 atom stereocenters. The molecule has 2 heterocycles. The lowest BCUT2D eigenvalue weighted by Gasteiger charge is -2.60. The largest absolute Gasteiger partial charge is 0.486 e. The van der Waals surface area contributed by atoms with Gasteiger partial charge in [0.1, 0.15) is 13.2 Å². The first-order valence-electron chi connectivity index (χ1n) is 7.94. The van der Waals surface area contributed by atoms with Crippen molar-refractivity contribution in [2.45, 2.75) is 38.8 Å². The monoisotopic (exact) mass is 289 g/mol. The van der Waals surface area contributed by atoms with Crippen molar-refractivity contribution in [2.75, 3.05) is 25.1 Å². The van der Waals surface area contributed by atoms with Gasteiger partial charge in [0, 0.05) is 35.7 Å². The summed E-state index contributed by atoms with van der Waals surface area (Å²) < 4.78 is 17.2. The molecule has 1 saturated heterocycles. The summed E-state index contributed by atoms with van der Waals surface area (Å²) in [6.45, 7) is 6.78. The number of hydrogen-bond donors (Lipinski definition) is 1. The van der Waals surface area contributed by atoms with Crippen LogP contribution in [0.3, 0.4) is 0 Å². The van der Waals surface area contributed by atoms with Gasteiger partial charge in [-0.3, -0.25) is 0 Å². The Kier molecular flexibility index (Phi) is 3.03. The summed E-state index contributed by atoms with van der Waals surface area (Å²) in [6.07, 6.45) is 2.84. The molecule has 1 aromatic carbocycles. The van der Waals surface area contributed by atoms with Gasteiger partial charge in [0.2, 0.25) is 0 Å². The number of ether oxygens (including phenoxy) is 3. The van der Waals surface area contributed by atoms with Crippen LogP contribution in [0.25, 0.3) is 0 Å². The van der Waals surface area contributed by atoms with Crippen LogP contribution in [-0.4, -0.2) is 32.0 Å². The molecule has 0 spiro atoms. The van der Waals surface area contributed by atoms with Gasteiger partial charge in [-0.15, -0.1) is 0 Å². The van der Waals surface area contributed by atoms with E-state index in [1.807, 2.05) is 6.07 Å². The smallest absolute Gasteiger partial charge is 0.163 e. The molecule has 1 aromatic rings. The number of hydrogen-bond acceptors (Lipinski definition) is 4. The molecule has 1 aliphatic carbocycles. The van der Waals surface area contributed by atoms with Crippen LogP contribution in [0.15, 0.2) is 18.2 Å². The van der Waals surface area contributed by atoms with Crippen molar-refractivity contribution in [3.8, 4) is 11.5 Å². The summed E-state index contributed by atoms with van der Waals surface area (Å²) in [5.74, 6) is 2.32. The van der Waals surface area contributed by atoms with Crippen LogP contribution in [0.5, 0.6) is 11.5 Å². The Morgan fingerprint density at radius 2 is 1.90 bits per heavy atom. The van der Waals surface area contributed by atoms with Crippen molar-refractivity contribution in [1.82, 2.24) is 0 Å². The van der Waals surface area contributed by atoms with Crippen LogP contribution in [0.4, 0.5) is 5.69 Å². The summed E-state index contributed by atoms with van der Waals surface area (Å²) >= 11 is 0. The topological polar surface area (TPSA) is 39.7 Å². The minimum absolute atomic E-state index is 0.179. The lowest BCUT2D eigenvalue weighted by Crippen LogP contribution is -2.67. The molecule has 3 aliphatic rings. The second-order valence-electron chi connectivity index (χ2n) is 6.90. The van der Waals surface area contributed by atoms with Crippen molar-refractivity contribution in [1.29, 1.82) is 0 Å². The fourth-order valence-corrected chi connectivity index (χ4v) is 4.13. The SMILES string of the molecule is CC1(C)C(Nc2ccc3c(c2)OCCO3)C2CCCOC21. The third kappa shape index (κ3) is 2.08. The highest BCUT2D eigenvalue weighted by molar-refractivity contribution is 5.56. The minimum Gasteiger partial charge on any atom is -0.486 e. The van der Waals surface area contributed by atoms with Crippen molar-refractivity contribution in [3.05, 3.63) is 18.2 Å². The summed E-state index contributed by atoms with van der Waals surface area (Å²) in [5.41, 5.74) is 1.29. The summed E-state index contributed by atoms with van der Waals surface area (Å²) in [5, 5.41) is 3.70. The zero-order valence-electron chi connectivity index (χ0n) is 12.7. The van der Waals surface area contributed by atoms with E-state index >= 15 is 0 Å². The summed E-state index contributed by atoms with van der Waals surface area (Å²) in [4.78, 5) is 0. The van der Waals surface area contributed by atoms with E-state index in [1.165, 1.54) is 12.8 Å². The molecule has 1 N–H and O–H groups in total. The van der Waals surface area contributed by atoms with E-state index in [-0.39, 0.29) is 5.41 Å². The molecule has 1 saturated carbocycles. The zero-order chi connectivity index (χ0) is 14.4. The molecule has 2 fully saturated rings. The number of nitrogens with one attached hydrogen (secondary N) is 1. The fraction of sp³-hybridized carbons (Fsp3) is 0.647. The molecule has 0 aromatic heterocycles. The average molecular weight is 289 g/mol. The van der Waals surface area contributed by atoms with Crippen LogP contribution in [-0.2, 0) is 4.74 Å². The van der Waals surface area contributed by atoms with Gasteiger partial charge in [-0.25, -0.2) is 0 Å². The zero-order valence-corrected chi connectivity index (χ0v) is 12.7. The Labute approximate surface area is 125 Å². The van der Waals surface area contributed by atoms with Gasteiger partial charge in [-0.1, -0.05) is 13.8 Å². The number of benzene rings is 1. The Balaban J connectivity index is 1.53. The Morgan fingerprint density at radius 1 is 1.10 bits per heavy atom. The van der Waals surface area contributed by atoms with Gasteiger partial charge >= 0.3 is 0 Å². The second kappa shape index (κ2) is 4.80. The minimum atomic E-state index is 0.179. The van der Waals surface area contributed by atoms with E-state index in [4.69, 9.17) is 14.2 Å². The highest BCUT2D eigenvalue weighted by Crippen LogP contribution is 2.52. The summed E-state index contributed by atoms with van der Waals surface area (Å²) in [7, 11) is 0. The Morgan fingerprint density at radius 3 is 2.76 bits per heavy atom. The third-order valence-electron chi connectivity index (χ3n) is 5.20. The first-order chi connectivity index (χ1) is 10.2. The van der Waals surface area contributed by atoms with Crippen molar-refractivity contribution < 1.29 is 14.2 Å². The lowest BCUT2D eigenvalue weighted by atomic mass is 9.55. The maximum absolute atomic E-state index is 5.97. The maximum atomic E-state index is 5.97.